The lowest BCUT2D eigenvalue weighted by molar-refractivity contribution is -0.141. The third-order valence-electron chi connectivity index (χ3n) is 4.04. The van der Waals surface area contributed by atoms with Crippen LogP contribution in [-0.2, 0) is 28.8 Å². The lowest BCUT2D eigenvalue weighted by Gasteiger charge is -2.09. The molecule has 0 N–H and O–H groups in total. The van der Waals surface area contributed by atoms with Gasteiger partial charge in [0.1, 0.15) is 0 Å². The van der Waals surface area contributed by atoms with E-state index in [-0.39, 0.29) is 28.7 Å². The molecule has 0 aromatic rings. The fourth-order valence-electron chi connectivity index (χ4n) is 2.61. The summed E-state index contributed by atoms with van der Waals surface area (Å²) < 4.78 is 0. The molecule has 0 fully saturated rings. The highest BCUT2D eigenvalue weighted by atomic mass is 16.2. The molecule has 4 bridgehead atoms. The van der Waals surface area contributed by atoms with Crippen molar-refractivity contribution in [3.05, 3.63) is 83.1 Å². The predicted octanol–water partition coefficient (Wildman–Crippen LogP) is 1.21. The number of allylic oxidation sites excluding steroid dienone is 14. The summed E-state index contributed by atoms with van der Waals surface area (Å²) >= 11 is 0. The molecule has 3 aliphatic rings. The molecule has 0 aromatic carbocycles. The van der Waals surface area contributed by atoms with Crippen molar-refractivity contribution in [3.63, 3.8) is 0 Å². The van der Waals surface area contributed by atoms with Crippen molar-refractivity contribution in [1.82, 2.24) is 0 Å². The highest BCUT2D eigenvalue weighted by Gasteiger charge is 2.32. The second kappa shape index (κ2) is 7.21. The van der Waals surface area contributed by atoms with Gasteiger partial charge in [-0.15, -0.1) is 0 Å². The molecule has 27 heavy (non-hydrogen) atoms. The molecule has 3 aliphatic carbocycles. The zero-order valence-corrected chi connectivity index (χ0v) is 13.9. The van der Waals surface area contributed by atoms with Gasteiger partial charge < -0.3 is 0 Å². The van der Waals surface area contributed by atoms with Gasteiger partial charge in [0.15, 0.2) is 0 Å². The molecule has 0 radical (unpaired) electrons. The van der Waals surface area contributed by atoms with Gasteiger partial charge in [-0.25, -0.2) is 0 Å². The van der Waals surface area contributed by atoms with Crippen molar-refractivity contribution in [3.8, 4) is 0 Å². The summed E-state index contributed by atoms with van der Waals surface area (Å²) in [6.07, 6.45) is 14.4. The van der Waals surface area contributed by atoms with Crippen LogP contribution >= 0.6 is 0 Å². The van der Waals surface area contributed by atoms with Gasteiger partial charge in [0.05, 0.1) is 0 Å². The minimum atomic E-state index is -1.11. The maximum Gasteiger partial charge on any atom is 0.273 e. The van der Waals surface area contributed by atoms with Gasteiger partial charge in [-0.05, 0) is 18.6 Å². The Balaban J connectivity index is 2.08. The van der Waals surface area contributed by atoms with E-state index in [1.54, 1.807) is 6.08 Å². The monoisotopic (exact) mass is 360 g/mol. The Morgan fingerprint density at radius 1 is 0.519 bits per heavy atom. The lowest BCUT2D eigenvalue weighted by atomic mass is 9.90. The van der Waals surface area contributed by atoms with E-state index in [0.29, 0.717) is 0 Å². The standard InChI is InChI=1S/C21H12O6/c22-16-12-6-2-1-3-7-13-11-15(19(25)21(27)17(13)23)9-5-4-8-14(10-12)18(24)20(16)26/h1-2,4-11H,3H2/b2-1-,8-4-,9-5-,12-6+,13-7?. The van der Waals surface area contributed by atoms with E-state index in [1.165, 1.54) is 54.7 Å². The molecule has 0 atom stereocenters. The van der Waals surface area contributed by atoms with E-state index in [4.69, 9.17) is 0 Å². The number of ketones is 6. The van der Waals surface area contributed by atoms with Gasteiger partial charge in [0, 0.05) is 22.3 Å². The summed E-state index contributed by atoms with van der Waals surface area (Å²) in [5.41, 5.74) is 0.260. The molecule has 3 rings (SSSR count). The van der Waals surface area contributed by atoms with Crippen molar-refractivity contribution < 1.29 is 28.8 Å². The van der Waals surface area contributed by atoms with Crippen molar-refractivity contribution in [2.75, 3.05) is 0 Å². The quantitative estimate of drug-likeness (QED) is 0.602. The summed E-state index contributed by atoms with van der Waals surface area (Å²) in [5, 5.41) is 0. The molecule has 0 saturated carbocycles. The summed E-state index contributed by atoms with van der Waals surface area (Å²) in [7, 11) is 0. The Morgan fingerprint density at radius 2 is 1.00 bits per heavy atom. The number of hydrogen-bond donors (Lipinski definition) is 0. The van der Waals surface area contributed by atoms with Crippen LogP contribution in [0.2, 0.25) is 0 Å². The Kier molecular flexibility index (Phi) is 4.81. The van der Waals surface area contributed by atoms with Crippen LogP contribution < -0.4 is 0 Å². The van der Waals surface area contributed by atoms with E-state index in [0.717, 1.165) is 0 Å². The zero-order chi connectivity index (χ0) is 19.6. The van der Waals surface area contributed by atoms with Crippen LogP contribution in [-0.4, -0.2) is 34.7 Å². The van der Waals surface area contributed by atoms with Crippen molar-refractivity contribution in [2.24, 2.45) is 0 Å². The number of carbonyl (C=O) groups excluding carboxylic acids is 6. The SMILES string of the molecule is O=C1C(=O)C2=CC/C=C\C=C3C=C(/C=C\C=C/C(=C2)C1=O)C(=O)C(=O)C/3=O. The topological polar surface area (TPSA) is 102 Å². The Bertz CT molecular complexity index is 1030. The van der Waals surface area contributed by atoms with Crippen LogP contribution in [0.15, 0.2) is 83.1 Å². The van der Waals surface area contributed by atoms with Gasteiger partial charge in [-0.1, -0.05) is 48.6 Å². The van der Waals surface area contributed by atoms with Gasteiger partial charge in [-0.2, -0.15) is 0 Å². The van der Waals surface area contributed by atoms with Crippen LogP contribution in [0.4, 0.5) is 0 Å². The van der Waals surface area contributed by atoms with Gasteiger partial charge in [0.2, 0.25) is 23.1 Å². The average molecular weight is 360 g/mol. The Labute approximate surface area is 153 Å². The molecule has 0 heterocycles. The van der Waals surface area contributed by atoms with Crippen LogP contribution in [0.1, 0.15) is 6.42 Å². The highest BCUT2D eigenvalue weighted by molar-refractivity contribution is 6.72. The van der Waals surface area contributed by atoms with Crippen LogP contribution in [0.25, 0.3) is 0 Å². The van der Waals surface area contributed by atoms with Crippen LogP contribution in [0.5, 0.6) is 0 Å². The van der Waals surface area contributed by atoms with Gasteiger partial charge in [-0.3, -0.25) is 28.8 Å². The first-order chi connectivity index (χ1) is 12.9. The first-order valence-corrected chi connectivity index (χ1v) is 8.02. The molecular weight excluding hydrogens is 348 g/mol. The summed E-state index contributed by atoms with van der Waals surface area (Å²) in [4.78, 5) is 71.3. The third-order valence-corrected chi connectivity index (χ3v) is 4.04. The largest absolute Gasteiger partial charge is 0.285 e. The average Bonchev–Trinajstić information content (AvgIpc) is 2.66. The number of rotatable bonds is 0. The highest BCUT2D eigenvalue weighted by Crippen LogP contribution is 2.18. The van der Waals surface area contributed by atoms with E-state index in [1.807, 2.05) is 0 Å². The Hall–Kier alpha value is -3.80. The molecule has 0 aromatic heterocycles. The molecule has 6 heteroatoms. The fourth-order valence-corrected chi connectivity index (χ4v) is 2.61. The van der Waals surface area contributed by atoms with E-state index >= 15 is 0 Å². The summed E-state index contributed by atoms with van der Waals surface area (Å²) in [5.74, 6) is -5.78. The normalized spacial score (nSPS) is 26.1. The van der Waals surface area contributed by atoms with Gasteiger partial charge >= 0.3 is 0 Å². The number of Topliss-reactive ketones (excluding diaryl/α,β-unsaturated/α-hetero) is 6. The smallest absolute Gasteiger partial charge is 0.273 e. The number of fused-ring (bicyclic) bond motifs is 2. The minimum Gasteiger partial charge on any atom is -0.285 e. The molecule has 0 amide bonds. The molecule has 0 spiro atoms. The fraction of sp³-hybridized carbons (Fsp3) is 0.0476. The van der Waals surface area contributed by atoms with Crippen molar-refractivity contribution in [1.29, 1.82) is 0 Å². The zero-order valence-electron chi connectivity index (χ0n) is 13.9. The second-order valence-electron chi connectivity index (χ2n) is 5.84. The molecule has 0 saturated heterocycles. The maximum atomic E-state index is 11.9. The van der Waals surface area contributed by atoms with Gasteiger partial charge in [0.25, 0.3) is 11.6 Å². The first-order valence-electron chi connectivity index (χ1n) is 8.02. The molecule has 0 aliphatic heterocycles. The molecule has 132 valence electrons. The van der Waals surface area contributed by atoms with Crippen LogP contribution in [0, 0.1) is 0 Å². The number of carbonyl (C=O) groups is 6. The van der Waals surface area contributed by atoms with E-state index in [2.05, 4.69) is 0 Å². The van der Waals surface area contributed by atoms with Crippen molar-refractivity contribution in [2.45, 2.75) is 6.42 Å². The van der Waals surface area contributed by atoms with E-state index in [9.17, 15) is 28.8 Å². The predicted molar refractivity (Wildman–Crippen MR) is 94.4 cm³/mol. The minimum absolute atomic E-state index is 0.0350. The molecule has 0 unspecified atom stereocenters. The second-order valence-corrected chi connectivity index (χ2v) is 5.84. The maximum absolute atomic E-state index is 11.9. The third kappa shape index (κ3) is 3.46. The molecule has 6 nitrogen and oxygen atoms in total. The lowest BCUT2D eigenvalue weighted by Crippen LogP contribution is -2.30. The first kappa shape index (κ1) is 18.0. The summed E-state index contributed by atoms with van der Waals surface area (Å²) in [6.45, 7) is 0. The van der Waals surface area contributed by atoms with Crippen LogP contribution in [0.3, 0.4) is 0 Å². The van der Waals surface area contributed by atoms with Crippen molar-refractivity contribution >= 4 is 34.7 Å². The molecular formula is C21H12O6. The Morgan fingerprint density at radius 3 is 1.59 bits per heavy atom. The number of hydrogen-bond acceptors (Lipinski definition) is 6. The van der Waals surface area contributed by atoms with E-state index < -0.39 is 34.7 Å². The summed E-state index contributed by atoms with van der Waals surface area (Å²) in [6, 6.07) is 0.